The fraction of sp³-hybridized carbons (Fsp3) is 0.581. The van der Waals surface area contributed by atoms with Crippen LogP contribution in [0.15, 0.2) is 76.3 Å². The highest BCUT2D eigenvalue weighted by Crippen LogP contribution is 2.23. The number of hydrogen-bond donors (Lipinski definition) is 3. The second-order valence-corrected chi connectivity index (χ2v) is 8.93. The molecule has 0 aromatic heterocycles. The van der Waals surface area contributed by atoms with E-state index in [1.165, 1.54) is 56.5 Å². The van der Waals surface area contributed by atoms with Crippen molar-refractivity contribution in [1.82, 2.24) is 20.9 Å². The average Bonchev–Trinajstić information content (AvgIpc) is 3.07. The molecule has 0 saturated carbocycles. The molecule has 5 nitrogen and oxygen atoms in total. The summed E-state index contributed by atoms with van der Waals surface area (Å²) in [5.41, 5.74) is 5.20. The van der Waals surface area contributed by atoms with Gasteiger partial charge >= 0.3 is 0 Å². The zero-order valence-electron chi connectivity index (χ0n) is 24.5. The number of allylic oxidation sites excluding steroid dienone is 7. The summed E-state index contributed by atoms with van der Waals surface area (Å²) in [6.07, 6.45) is 25.1. The SMILES string of the molecule is C/C=C(\C=C1\CN(C)CCCC1=CCC)N/C=C/C=C(/C)C=NC.CC.CN/C=C/C1CCNCC1. The Morgan fingerprint density at radius 2 is 1.89 bits per heavy atom. The Balaban J connectivity index is 0.000000845. The number of nitrogens with zero attached hydrogens (tertiary/aromatic N) is 2. The quantitative estimate of drug-likeness (QED) is 0.269. The van der Waals surface area contributed by atoms with E-state index in [1.807, 2.05) is 58.6 Å². The smallest absolute Gasteiger partial charge is 0.0339 e. The molecule has 0 spiro atoms. The van der Waals surface area contributed by atoms with Crippen LogP contribution < -0.4 is 16.0 Å². The number of hydrogen-bond acceptors (Lipinski definition) is 5. The zero-order valence-corrected chi connectivity index (χ0v) is 24.5. The van der Waals surface area contributed by atoms with E-state index < -0.39 is 0 Å². The van der Waals surface area contributed by atoms with E-state index in [0.29, 0.717) is 0 Å². The minimum absolute atomic E-state index is 0.800. The lowest BCUT2D eigenvalue weighted by Gasteiger charge is -2.18. The van der Waals surface area contributed by atoms with Crippen LogP contribution in [0.1, 0.15) is 66.7 Å². The van der Waals surface area contributed by atoms with E-state index in [-0.39, 0.29) is 0 Å². The van der Waals surface area contributed by atoms with Gasteiger partial charge in [0.2, 0.25) is 0 Å². The normalized spacial score (nSPS) is 20.9. The van der Waals surface area contributed by atoms with Crippen molar-refractivity contribution in [1.29, 1.82) is 0 Å². The minimum Gasteiger partial charge on any atom is -0.394 e. The third-order valence-electron chi connectivity index (χ3n) is 5.89. The van der Waals surface area contributed by atoms with Gasteiger partial charge < -0.3 is 20.9 Å². The van der Waals surface area contributed by atoms with Crippen LogP contribution in [-0.4, -0.2) is 58.4 Å². The Hall–Kier alpha value is -2.37. The van der Waals surface area contributed by atoms with E-state index in [4.69, 9.17) is 0 Å². The first-order valence-corrected chi connectivity index (χ1v) is 13.9. The zero-order chi connectivity index (χ0) is 27.0. The summed E-state index contributed by atoms with van der Waals surface area (Å²) < 4.78 is 0. The molecule has 0 aromatic carbocycles. The Labute approximate surface area is 223 Å². The van der Waals surface area contributed by atoms with Crippen molar-refractivity contribution < 1.29 is 0 Å². The number of rotatable bonds is 8. The molecular weight excluding hydrogens is 442 g/mol. The molecule has 36 heavy (non-hydrogen) atoms. The van der Waals surface area contributed by atoms with Crippen molar-refractivity contribution in [3.63, 3.8) is 0 Å². The summed E-state index contributed by atoms with van der Waals surface area (Å²) in [5.74, 6) is 0.800. The van der Waals surface area contributed by atoms with Crippen LogP contribution in [0.3, 0.4) is 0 Å². The van der Waals surface area contributed by atoms with E-state index in [0.717, 1.165) is 30.2 Å². The second-order valence-electron chi connectivity index (χ2n) is 8.93. The van der Waals surface area contributed by atoms with Gasteiger partial charge in [-0.3, -0.25) is 4.99 Å². The van der Waals surface area contributed by atoms with Gasteiger partial charge in [-0.25, -0.2) is 0 Å². The second kappa shape index (κ2) is 23.1. The van der Waals surface area contributed by atoms with Crippen molar-refractivity contribution in [3.05, 3.63) is 71.3 Å². The fourth-order valence-electron chi connectivity index (χ4n) is 4.05. The maximum absolute atomic E-state index is 4.01. The lowest BCUT2D eigenvalue weighted by Crippen LogP contribution is -2.26. The highest BCUT2D eigenvalue weighted by molar-refractivity contribution is 5.77. The van der Waals surface area contributed by atoms with Crippen LogP contribution in [-0.2, 0) is 0 Å². The summed E-state index contributed by atoms with van der Waals surface area (Å²) in [6.45, 7) is 14.9. The lowest BCUT2D eigenvalue weighted by atomic mass is 9.98. The van der Waals surface area contributed by atoms with Crippen LogP contribution in [0.4, 0.5) is 0 Å². The lowest BCUT2D eigenvalue weighted by molar-refractivity contribution is 0.370. The molecule has 5 heteroatoms. The van der Waals surface area contributed by atoms with Crippen molar-refractivity contribution in [2.75, 3.05) is 47.3 Å². The maximum atomic E-state index is 4.01. The molecule has 0 radical (unpaired) electrons. The van der Waals surface area contributed by atoms with Crippen LogP contribution in [0.5, 0.6) is 0 Å². The van der Waals surface area contributed by atoms with Crippen molar-refractivity contribution in [2.24, 2.45) is 10.9 Å². The Morgan fingerprint density at radius 1 is 1.17 bits per heavy atom. The van der Waals surface area contributed by atoms with Gasteiger partial charge in [0.25, 0.3) is 0 Å². The largest absolute Gasteiger partial charge is 0.394 e. The number of piperidine rings is 1. The number of nitrogens with one attached hydrogen (secondary N) is 3. The summed E-state index contributed by atoms with van der Waals surface area (Å²) in [7, 11) is 5.93. The van der Waals surface area contributed by atoms with Crippen LogP contribution in [0.2, 0.25) is 0 Å². The Kier molecular flexibility index (Phi) is 21.5. The molecule has 2 aliphatic rings. The molecule has 0 atom stereocenters. The summed E-state index contributed by atoms with van der Waals surface area (Å²) in [4.78, 5) is 6.41. The summed E-state index contributed by atoms with van der Waals surface area (Å²) in [5, 5.41) is 9.73. The van der Waals surface area contributed by atoms with Gasteiger partial charge in [0, 0.05) is 38.8 Å². The molecule has 0 amide bonds. The number of likely N-dealkylation sites (N-methyl/N-ethyl adjacent to an activating group) is 1. The summed E-state index contributed by atoms with van der Waals surface area (Å²) >= 11 is 0. The highest BCUT2D eigenvalue weighted by Gasteiger charge is 2.13. The molecule has 204 valence electrons. The van der Waals surface area contributed by atoms with E-state index in [9.17, 15) is 0 Å². The van der Waals surface area contributed by atoms with Crippen LogP contribution in [0.25, 0.3) is 0 Å². The van der Waals surface area contributed by atoms with Gasteiger partial charge in [0.05, 0.1) is 0 Å². The van der Waals surface area contributed by atoms with E-state index >= 15 is 0 Å². The molecule has 2 saturated heterocycles. The van der Waals surface area contributed by atoms with Gasteiger partial charge in [0.15, 0.2) is 0 Å². The summed E-state index contributed by atoms with van der Waals surface area (Å²) in [6, 6.07) is 0. The molecule has 0 unspecified atom stereocenters. The highest BCUT2D eigenvalue weighted by atomic mass is 15.1. The van der Waals surface area contributed by atoms with Crippen LogP contribution in [0, 0.1) is 5.92 Å². The Bertz CT molecular complexity index is 762. The molecule has 2 rings (SSSR count). The molecule has 0 aromatic rings. The van der Waals surface area contributed by atoms with Gasteiger partial charge in [-0.1, -0.05) is 45.1 Å². The number of likely N-dealkylation sites (tertiary alicyclic amines) is 1. The average molecular weight is 498 g/mol. The van der Waals surface area contributed by atoms with E-state index in [2.05, 4.69) is 71.0 Å². The molecule has 2 heterocycles. The van der Waals surface area contributed by atoms with Crippen LogP contribution >= 0.6 is 0 Å². The van der Waals surface area contributed by atoms with E-state index in [1.54, 1.807) is 7.05 Å². The fourth-order valence-corrected chi connectivity index (χ4v) is 4.05. The topological polar surface area (TPSA) is 51.7 Å². The monoisotopic (exact) mass is 497 g/mol. The molecule has 2 aliphatic heterocycles. The Morgan fingerprint density at radius 3 is 2.50 bits per heavy atom. The molecule has 0 aliphatic carbocycles. The van der Waals surface area contributed by atoms with Gasteiger partial charge in [-0.05, 0) is 114 Å². The molecule has 3 N–H and O–H groups in total. The molecule has 0 bridgehead atoms. The minimum atomic E-state index is 0.800. The molecule has 2 fully saturated rings. The first-order valence-electron chi connectivity index (χ1n) is 13.9. The van der Waals surface area contributed by atoms with Gasteiger partial charge in [-0.15, -0.1) is 0 Å². The number of aliphatic imine (C=N–C) groups is 1. The maximum Gasteiger partial charge on any atom is 0.0339 e. The predicted molar refractivity (Wildman–Crippen MR) is 163 cm³/mol. The first-order chi connectivity index (χ1) is 17.5. The van der Waals surface area contributed by atoms with Gasteiger partial charge in [-0.2, -0.15) is 0 Å². The third-order valence-corrected chi connectivity index (χ3v) is 5.89. The van der Waals surface area contributed by atoms with Crippen molar-refractivity contribution >= 4 is 6.21 Å². The third kappa shape index (κ3) is 16.3. The van der Waals surface area contributed by atoms with Crippen molar-refractivity contribution in [3.8, 4) is 0 Å². The predicted octanol–water partition coefficient (Wildman–Crippen LogP) is 6.37. The molecular formula is C31H55N5. The van der Waals surface area contributed by atoms with Gasteiger partial charge in [0.1, 0.15) is 0 Å². The standard InChI is InChI=1S/C21H33N3.C8H16N2.C2H6/c1-6-10-19-12-9-14-24(5)17-20(19)15-21(7-2)23-13-8-11-18(3)16-22-4;1-9-5-2-8-3-6-10-7-4-8;1-2/h7-8,10-11,13,15-16,23H,6,9,12,14,17H2,1-5H3;2,5,8-10H,3-4,6-7H2,1H3;1-2H3/b13-8+,18-11-,19-10?,20-15-,21-7+,22-16?;5-2+;. The first kappa shape index (κ1) is 33.6. The van der Waals surface area contributed by atoms with Crippen molar-refractivity contribution in [2.45, 2.75) is 66.7 Å².